The van der Waals surface area contributed by atoms with Crippen LogP contribution in [-0.4, -0.2) is 41.8 Å². The van der Waals surface area contributed by atoms with Crippen LogP contribution in [0.3, 0.4) is 0 Å². The third-order valence-electron chi connectivity index (χ3n) is 5.05. The molecule has 1 aliphatic rings. The second-order valence-electron chi connectivity index (χ2n) is 8.47. The van der Waals surface area contributed by atoms with Gasteiger partial charge in [-0.2, -0.15) is 0 Å². The molecule has 3 N–H and O–H groups in total. The van der Waals surface area contributed by atoms with Crippen molar-refractivity contribution < 1.29 is 14.3 Å². The van der Waals surface area contributed by atoms with Crippen molar-refractivity contribution in [1.82, 2.24) is 10.6 Å². The Morgan fingerprint density at radius 2 is 1.90 bits per heavy atom. The van der Waals surface area contributed by atoms with E-state index in [9.17, 15) is 9.59 Å². The number of para-hydroxylation sites is 1. The van der Waals surface area contributed by atoms with Gasteiger partial charge in [-0.15, -0.1) is 11.8 Å². The van der Waals surface area contributed by atoms with Gasteiger partial charge in [-0.3, -0.25) is 9.59 Å². The molecule has 1 heterocycles. The van der Waals surface area contributed by atoms with Gasteiger partial charge in [0, 0.05) is 29.2 Å². The van der Waals surface area contributed by atoms with E-state index in [0.717, 1.165) is 16.1 Å². The quantitative estimate of drug-likeness (QED) is 0.554. The molecule has 31 heavy (non-hydrogen) atoms. The smallest absolute Gasteiger partial charge is 0.247 e. The molecule has 0 fully saturated rings. The fourth-order valence-corrected chi connectivity index (χ4v) is 4.30. The van der Waals surface area contributed by atoms with Gasteiger partial charge in [-0.05, 0) is 38.5 Å². The summed E-state index contributed by atoms with van der Waals surface area (Å²) in [6, 6.07) is 17.2. The number of anilines is 1. The van der Waals surface area contributed by atoms with Crippen LogP contribution in [0.1, 0.15) is 32.8 Å². The molecule has 0 spiro atoms. The van der Waals surface area contributed by atoms with Gasteiger partial charge in [-0.1, -0.05) is 42.5 Å². The highest BCUT2D eigenvalue weighted by atomic mass is 32.2. The van der Waals surface area contributed by atoms with E-state index in [0.29, 0.717) is 18.9 Å². The van der Waals surface area contributed by atoms with Gasteiger partial charge in [0.25, 0.3) is 0 Å². The highest BCUT2D eigenvalue weighted by Gasteiger charge is 2.28. The lowest BCUT2D eigenvalue weighted by Crippen LogP contribution is -2.50. The topological polar surface area (TPSA) is 79.5 Å². The third kappa shape index (κ3) is 7.38. The van der Waals surface area contributed by atoms with Crippen molar-refractivity contribution in [3.8, 4) is 0 Å². The zero-order valence-corrected chi connectivity index (χ0v) is 19.1. The number of rotatable bonds is 9. The Morgan fingerprint density at radius 1 is 1.19 bits per heavy atom. The number of carbonyl (C=O) groups is 2. The highest BCUT2D eigenvalue weighted by Crippen LogP contribution is 2.30. The maximum atomic E-state index is 12.6. The molecule has 166 valence electrons. The summed E-state index contributed by atoms with van der Waals surface area (Å²) >= 11 is 1.57. The van der Waals surface area contributed by atoms with E-state index in [2.05, 4.69) is 16.0 Å². The summed E-state index contributed by atoms with van der Waals surface area (Å²) in [7, 11) is 0. The van der Waals surface area contributed by atoms with Crippen LogP contribution in [0.2, 0.25) is 0 Å². The Balaban J connectivity index is 1.43. The van der Waals surface area contributed by atoms with Crippen molar-refractivity contribution >= 4 is 29.3 Å². The Morgan fingerprint density at radius 3 is 2.68 bits per heavy atom. The monoisotopic (exact) mass is 441 g/mol. The second kappa shape index (κ2) is 10.8. The van der Waals surface area contributed by atoms with Crippen LogP contribution in [-0.2, 0) is 20.9 Å². The van der Waals surface area contributed by atoms with E-state index in [1.165, 1.54) is 0 Å². The summed E-state index contributed by atoms with van der Waals surface area (Å²) in [5, 5.41) is 9.20. The molecule has 6 nitrogen and oxygen atoms in total. The van der Waals surface area contributed by atoms with Crippen LogP contribution >= 0.6 is 11.8 Å². The maximum absolute atomic E-state index is 12.6. The summed E-state index contributed by atoms with van der Waals surface area (Å²) in [4.78, 5) is 26.2. The fraction of sp³-hybridized carbons (Fsp3) is 0.417. The normalized spacial score (nSPS) is 17.3. The van der Waals surface area contributed by atoms with E-state index in [-0.39, 0.29) is 24.3 Å². The Bertz CT molecular complexity index is 889. The fourth-order valence-electron chi connectivity index (χ4n) is 3.27. The Labute approximate surface area is 188 Å². The van der Waals surface area contributed by atoms with Crippen LogP contribution in [0, 0.1) is 0 Å². The summed E-state index contributed by atoms with van der Waals surface area (Å²) < 4.78 is 5.89. The van der Waals surface area contributed by atoms with Crippen LogP contribution < -0.4 is 16.0 Å². The first-order chi connectivity index (χ1) is 14.8. The predicted molar refractivity (Wildman–Crippen MR) is 125 cm³/mol. The molecule has 0 aromatic heterocycles. The minimum absolute atomic E-state index is 0.00470. The minimum Gasteiger partial charge on any atom is -0.373 e. The van der Waals surface area contributed by atoms with E-state index < -0.39 is 11.6 Å². The molecule has 0 radical (unpaired) electrons. The average molecular weight is 442 g/mol. The van der Waals surface area contributed by atoms with Crippen LogP contribution in [0.5, 0.6) is 0 Å². The van der Waals surface area contributed by atoms with Gasteiger partial charge in [0.15, 0.2) is 0 Å². The lowest BCUT2D eigenvalue weighted by Gasteiger charge is -2.28. The van der Waals surface area contributed by atoms with Gasteiger partial charge in [-0.25, -0.2) is 0 Å². The van der Waals surface area contributed by atoms with Crippen molar-refractivity contribution in [1.29, 1.82) is 0 Å². The Kier molecular flexibility index (Phi) is 8.12. The maximum Gasteiger partial charge on any atom is 0.247 e. The summed E-state index contributed by atoms with van der Waals surface area (Å²) in [5.74, 6) is 0.175. The van der Waals surface area contributed by atoms with Crippen molar-refractivity contribution in [2.75, 3.05) is 17.6 Å². The number of nitrogens with one attached hydrogen (secondary N) is 3. The van der Waals surface area contributed by atoms with Crippen molar-refractivity contribution in [3.05, 3.63) is 60.2 Å². The zero-order valence-electron chi connectivity index (χ0n) is 18.3. The first kappa shape index (κ1) is 23.3. The van der Waals surface area contributed by atoms with E-state index in [1.54, 1.807) is 11.8 Å². The molecular formula is C24H31N3O3S. The van der Waals surface area contributed by atoms with Crippen molar-refractivity contribution in [3.63, 3.8) is 0 Å². The van der Waals surface area contributed by atoms with Gasteiger partial charge < -0.3 is 20.7 Å². The van der Waals surface area contributed by atoms with E-state index in [4.69, 9.17) is 4.74 Å². The third-order valence-corrected chi connectivity index (χ3v) is 6.22. The van der Waals surface area contributed by atoms with Crippen LogP contribution in [0.4, 0.5) is 5.69 Å². The number of fused-ring (bicyclic) bond motifs is 1. The lowest BCUT2D eigenvalue weighted by molar-refractivity contribution is -0.127. The minimum atomic E-state index is -0.561. The molecule has 7 heteroatoms. The average Bonchev–Trinajstić information content (AvgIpc) is 2.90. The molecule has 3 rings (SSSR count). The second-order valence-corrected chi connectivity index (χ2v) is 9.53. The molecule has 2 atom stereocenters. The summed E-state index contributed by atoms with van der Waals surface area (Å²) in [6.45, 7) is 7.16. The summed E-state index contributed by atoms with van der Waals surface area (Å²) in [6.07, 6.45) is 0.268. The number of carbonyl (C=O) groups excluding carboxylic acids is 2. The molecule has 2 amide bonds. The number of hydrogen-bond acceptors (Lipinski definition) is 5. The lowest BCUT2D eigenvalue weighted by atomic mass is 9.99. The van der Waals surface area contributed by atoms with Gasteiger partial charge in [0.2, 0.25) is 11.8 Å². The van der Waals surface area contributed by atoms with E-state index >= 15 is 0 Å². The number of thioether (sulfide) groups is 1. The van der Waals surface area contributed by atoms with Crippen LogP contribution in [0.25, 0.3) is 0 Å². The standard InChI is InChI=1S/C24H31N3O3S/c1-17(30-15-18-9-5-4-6-10-18)14-25-24(2,3)13-22(28)26-20-16-31-21-12-8-7-11-19(21)27-23(20)29/h4-12,17,20,25H,13-16H2,1-3H3,(H,26,28)(H,27,29)/t17-,20-/m1/s1. The number of hydrogen-bond donors (Lipinski definition) is 3. The molecule has 1 aliphatic heterocycles. The molecule has 0 saturated carbocycles. The molecule has 0 unspecified atom stereocenters. The largest absolute Gasteiger partial charge is 0.373 e. The Hall–Kier alpha value is -2.35. The molecular weight excluding hydrogens is 410 g/mol. The van der Waals surface area contributed by atoms with E-state index in [1.807, 2.05) is 75.4 Å². The molecule has 0 bridgehead atoms. The molecule has 0 saturated heterocycles. The van der Waals surface area contributed by atoms with Gasteiger partial charge in [0.1, 0.15) is 6.04 Å². The summed E-state index contributed by atoms with van der Waals surface area (Å²) in [5.41, 5.74) is 1.50. The highest BCUT2D eigenvalue weighted by molar-refractivity contribution is 7.99. The number of ether oxygens (including phenoxy) is 1. The molecule has 2 aromatic carbocycles. The number of benzene rings is 2. The van der Waals surface area contributed by atoms with Gasteiger partial charge in [0.05, 0.1) is 18.4 Å². The van der Waals surface area contributed by atoms with Crippen molar-refractivity contribution in [2.45, 2.75) is 56.4 Å². The first-order valence-electron chi connectivity index (χ1n) is 10.5. The van der Waals surface area contributed by atoms with Crippen LogP contribution in [0.15, 0.2) is 59.5 Å². The molecule has 2 aromatic rings. The molecule has 0 aliphatic carbocycles. The zero-order chi connectivity index (χ0) is 22.3. The first-order valence-corrected chi connectivity index (χ1v) is 11.5. The van der Waals surface area contributed by atoms with Crippen molar-refractivity contribution in [2.24, 2.45) is 0 Å². The predicted octanol–water partition coefficient (Wildman–Crippen LogP) is 3.58. The SMILES string of the molecule is C[C@H](CNC(C)(C)CC(=O)N[C@@H]1CSc2ccccc2NC1=O)OCc1ccccc1. The number of amides is 2. The van der Waals surface area contributed by atoms with Gasteiger partial charge >= 0.3 is 0 Å².